The van der Waals surface area contributed by atoms with Crippen LogP contribution in [0.2, 0.25) is 0 Å². The highest BCUT2D eigenvalue weighted by atomic mass is 31.1. The van der Waals surface area contributed by atoms with Gasteiger partial charge in [-0.3, -0.25) is 4.79 Å². The number of esters is 1. The summed E-state index contributed by atoms with van der Waals surface area (Å²) in [5, 5.41) is 10.8. The third kappa shape index (κ3) is 6.04. The maximum absolute atomic E-state index is 11.1. The Morgan fingerprint density at radius 3 is 2.53 bits per heavy atom. The lowest BCUT2D eigenvalue weighted by molar-refractivity contribution is -0.137. The molecule has 2 N–H and O–H groups in total. The summed E-state index contributed by atoms with van der Waals surface area (Å²) >= 11 is 0. The van der Waals surface area contributed by atoms with Crippen LogP contribution in [0.3, 0.4) is 0 Å². The molecular weight excluding hydrogens is 221 g/mol. The smallest absolute Gasteiger partial charge is 0.354 e. The van der Waals surface area contributed by atoms with Crippen LogP contribution in [0.15, 0.2) is 11.8 Å². The summed E-state index contributed by atoms with van der Waals surface area (Å²) in [6, 6.07) is 0. The topological polar surface area (TPSA) is 92.7 Å². The Kier molecular flexibility index (Phi) is 6.66. The van der Waals surface area contributed by atoms with Crippen LogP contribution in [0.5, 0.6) is 0 Å². The summed E-state index contributed by atoms with van der Waals surface area (Å²) in [6.45, 7) is 1.24. The average molecular weight is 235 g/mol. The molecule has 0 aromatic carbocycles. The highest BCUT2D eigenvalue weighted by molar-refractivity contribution is 7.44. The zero-order valence-corrected chi connectivity index (χ0v) is 9.57. The zero-order chi connectivity index (χ0) is 11.8. The summed E-state index contributed by atoms with van der Waals surface area (Å²) in [4.78, 5) is 21.8. The molecule has 0 radical (unpaired) electrons. The van der Waals surface area contributed by atoms with Gasteiger partial charge in [0.15, 0.2) is 0 Å². The molecule has 0 aliphatic rings. The fourth-order valence-electron chi connectivity index (χ4n) is 0.765. The van der Waals surface area contributed by atoms with E-state index in [2.05, 4.69) is 10.1 Å². The van der Waals surface area contributed by atoms with E-state index in [4.69, 9.17) is 5.11 Å². The van der Waals surface area contributed by atoms with Gasteiger partial charge in [0.1, 0.15) is 13.5 Å². The highest BCUT2D eigenvalue weighted by Gasteiger charge is 2.10. The van der Waals surface area contributed by atoms with Crippen LogP contribution in [0.25, 0.3) is 0 Å². The number of allylic oxidation sites excluding steroid dienone is 1. The van der Waals surface area contributed by atoms with E-state index in [0.29, 0.717) is 0 Å². The number of aliphatic hydroxyl groups is 1. The maximum atomic E-state index is 11.1. The second kappa shape index (κ2) is 7.20. The lowest BCUT2D eigenvalue weighted by atomic mass is 10.4. The van der Waals surface area contributed by atoms with E-state index >= 15 is 0 Å². The summed E-state index contributed by atoms with van der Waals surface area (Å²) in [6.07, 6.45) is 0.909. The molecule has 0 aromatic heterocycles. The molecule has 0 aliphatic heterocycles. The molecule has 0 spiro atoms. The van der Waals surface area contributed by atoms with Crippen molar-refractivity contribution in [2.75, 3.05) is 19.6 Å². The van der Waals surface area contributed by atoms with E-state index in [9.17, 15) is 14.2 Å². The predicted molar refractivity (Wildman–Crippen MR) is 54.9 cm³/mol. The van der Waals surface area contributed by atoms with Gasteiger partial charge < -0.3 is 19.7 Å². The lowest BCUT2D eigenvalue weighted by Crippen LogP contribution is -2.26. The molecule has 0 aliphatic carbocycles. The first-order chi connectivity index (χ1) is 7.01. The van der Waals surface area contributed by atoms with Crippen molar-refractivity contribution in [3.8, 4) is 0 Å². The summed E-state index contributed by atoms with van der Waals surface area (Å²) in [5.41, 5.74) is -0.0585. The van der Waals surface area contributed by atoms with Gasteiger partial charge >= 0.3 is 5.97 Å². The Morgan fingerprint density at radius 2 is 2.13 bits per heavy atom. The molecule has 0 saturated carbocycles. The van der Waals surface area contributed by atoms with E-state index in [0.717, 1.165) is 0 Å². The van der Waals surface area contributed by atoms with Gasteiger partial charge in [-0.1, -0.05) is 0 Å². The number of hydrogen-bond acceptors (Lipinski definition) is 5. The Balaban J connectivity index is 4.54. The van der Waals surface area contributed by atoms with Crippen molar-refractivity contribution in [1.29, 1.82) is 0 Å². The summed E-state index contributed by atoms with van der Waals surface area (Å²) < 4.78 is 15.3. The molecule has 6 nitrogen and oxygen atoms in total. The van der Waals surface area contributed by atoms with Gasteiger partial charge in [-0.2, -0.15) is 0 Å². The van der Waals surface area contributed by atoms with Crippen molar-refractivity contribution in [1.82, 2.24) is 5.32 Å². The number of carbonyl (C=O) groups excluding carboxylic acids is 2. The third-order valence-electron chi connectivity index (χ3n) is 1.43. The van der Waals surface area contributed by atoms with Gasteiger partial charge in [-0.25, -0.2) is 4.79 Å². The molecule has 15 heavy (non-hydrogen) atoms. The van der Waals surface area contributed by atoms with Crippen LogP contribution in [-0.2, 0) is 18.9 Å². The van der Waals surface area contributed by atoms with Gasteiger partial charge in [0.25, 0.3) is 0 Å². The van der Waals surface area contributed by atoms with E-state index in [1.807, 2.05) is 0 Å². The van der Waals surface area contributed by atoms with Crippen molar-refractivity contribution < 1.29 is 24.0 Å². The molecule has 0 bridgehead atoms. The Bertz CT molecular complexity index is 299. The molecular formula is C8H14NO5P. The lowest BCUT2D eigenvalue weighted by Gasteiger charge is -2.05. The van der Waals surface area contributed by atoms with Crippen LogP contribution in [0.4, 0.5) is 0 Å². The fraction of sp³-hybridized carbons (Fsp3) is 0.500. The summed E-state index contributed by atoms with van der Waals surface area (Å²) in [7, 11) is -0.957. The minimum Gasteiger partial charge on any atom is -0.464 e. The normalized spacial score (nSPS) is 13.1. The van der Waals surface area contributed by atoms with E-state index < -0.39 is 26.0 Å². The second-order valence-electron chi connectivity index (χ2n) is 2.69. The molecule has 86 valence electrons. The molecule has 0 saturated heterocycles. The van der Waals surface area contributed by atoms with Crippen molar-refractivity contribution in [3.05, 3.63) is 11.8 Å². The van der Waals surface area contributed by atoms with Crippen LogP contribution in [0, 0.1) is 0 Å². The average Bonchev–Trinajstić information content (AvgIpc) is 2.21. The van der Waals surface area contributed by atoms with E-state index in [1.165, 1.54) is 20.1 Å². The maximum Gasteiger partial charge on any atom is 0.354 e. The monoisotopic (exact) mass is 235 g/mol. The van der Waals surface area contributed by atoms with Crippen LogP contribution >= 0.6 is 7.80 Å². The van der Waals surface area contributed by atoms with Crippen LogP contribution in [-0.4, -0.2) is 36.6 Å². The third-order valence-corrected chi connectivity index (χ3v) is 2.44. The van der Waals surface area contributed by atoms with Gasteiger partial charge in [-0.05, 0) is 6.08 Å². The molecule has 1 unspecified atom stereocenters. The number of rotatable bonds is 5. The molecule has 0 rings (SSSR count). The van der Waals surface area contributed by atoms with Crippen molar-refractivity contribution in [2.45, 2.75) is 6.92 Å². The minimum atomic E-state index is -2.13. The first kappa shape index (κ1) is 13.9. The van der Waals surface area contributed by atoms with Crippen molar-refractivity contribution in [2.24, 2.45) is 0 Å². The van der Waals surface area contributed by atoms with Crippen molar-refractivity contribution >= 4 is 19.7 Å². The first-order valence-corrected chi connectivity index (χ1v) is 6.02. The first-order valence-electron chi connectivity index (χ1n) is 4.20. The number of methoxy groups -OCH3 is 1. The number of ether oxygens (including phenoxy) is 1. The highest BCUT2D eigenvalue weighted by Crippen LogP contribution is 2.18. The molecule has 7 heteroatoms. The Morgan fingerprint density at radius 1 is 1.53 bits per heavy atom. The summed E-state index contributed by atoms with van der Waals surface area (Å²) in [5.74, 6) is -1.13. The van der Waals surface area contributed by atoms with Gasteiger partial charge in [-0.15, -0.1) is 0 Å². The van der Waals surface area contributed by atoms with E-state index in [-0.39, 0.29) is 11.9 Å². The predicted octanol–water partition coefficient (Wildman–Crippen LogP) is -0.311. The number of hydrogen-bond donors (Lipinski definition) is 2. The quantitative estimate of drug-likeness (QED) is 0.387. The van der Waals surface area contributed by atoms with Gasteiger partial charge in [0, 0.05) is 13.1 Å². The van der Waals surface area contributed by atoms with Crippen molar-refractivity contribution in [3.63, 3.8) is 0 Å². The Hall–Kier alpha value is -1.13. The molecule has 0 aromatic rings. The van der Waals surface area contributed by atoms with Gasteiger partial charge in [0.05, 0.1) is 13.5 Å². The SMILES string of the molecule is COC(=O)C(=CC[PH](=O)CO)NC(C)=O. The van der Waals surface area contributed by atoms with Crippen LogP contribution in [0.1, 0.15) is 6.92 Å². The number of carbonyl (C=O) groups is 2. The standard InChI is InChI=1S/C8H14NO5P/c1-6(11)9-7(8(12)14-2)3-4-15(13)5-10/h3,10,15H,4-5H2,1-2H3,(H,9,11). The molecule has 0 heterocycles. The van der Waals surface area contributed by atoms with E-state index in [1.54, 1.807) is 0 Å². The van der Waals surface area contributed by atoms with Gasteiger partial charge in [0.2, 0.25) is 5.91 Å². The molecule has 1 atom stereocenters. The molecule has 1 amide bonds. The van der Waals surface area contributed by atoms with Crippen LogP contribution < -0.4 is 5.32 Å². The second-order valence-corrected chi connectivity index (χ2v) is 4.49. The minimum absolute atomic E-state index is 0.0475. The molecule has 0 fully saturated rings. The fourth-order valence-corrected chi connectivity index (χ4v) is 1.33. The number of amides is 1. The number of aliphatic hydroxyl groups excluding tert-OH is 1. The number of nitrogens with one attached hydrogen (secondary N) is 1. The Labute approximate surface area is 88.1 Å². The zero-order valence-electron chi connectivity index (χ0n) is 8.57. The largest absolute Gasteiger partial charge is 0.464 e.